The molecule has 4 N–H and O–H groups in total. The summed E-state index contributed by atoms with van der Waals surface area (Å²) in [4.78, 5) is 11.6. The molecule has 0 aliphatic rings. The molecule has 0 bridgehead atoms. The van der Waals surface area contributed by atoms with Gasteiger partial charge in [0.2, 0.25) is 5.91 Å². The molecule has 1 aromatic heterocycles. The van der Waals surface area contributed by atoms with Gasteiger partial charge in [0.05, 0.1) is 5.92 Å². The molecule has 1 rings (SSSR count). The van der Waals surface area contributed by atoms with Crippen molar-refractivity contribution in [2.75, 3.05) is 11.9 Å². The zero-order valence-corrected chi connectivity index (χ0v) is 9.21. The van der Waals surface area contributed by atoms with Crippen molar-refractivity contribution < 1.29 is 4.79 Å². The average Bonchev–Trinajstić information content (AvgIpc) is 2.67. The van der Waals surface area contributed by atoms with Crippen LogP contribution >= 0.6 is 0 Å². The molecule has 0 aliphatic heterocycles. The lowest BCUT2D eigenvalue weighted by Crippen LogP contribution is -2.28. The number of carbonyl (C=O) groups excluding carboxylic acids is 1. The van der Waals surface area contributed by atoms with Crippen molar-refractivity contribution in [2.45, 2.75) is 26.7 Å². The number of aryl methyl sites for hydroxylation is 1. The van der Waals surface area contributed by atoms with Crippen LogP contribution in [0.3, 0.4) is 0 Å². The van der Waals surface area contributed by atoms with Crippen LogP contribution in [0.25, 0.3) is 0 Å². The Morgan fingerprint density at radius 2 is 2.40 bits per heavy atom. The molecule has 5 nitrogen and oxygen atoms in total. The van der Waals surface area contributed by atoms with E-state index in [-0.39, 0.29) is 11.8 Å². The van der Waals surface area contributed by atoms with Gasteiger partial charge in [-0.15, -0.1) is 0 Å². The van der Waals surface area contributed by atoms with Gasteiger partial charge in [-0.05, 0) is 12.8 Å². The van der Waals surface area contributed by atoms with Crippen molar-refractivity contribution in [3.8, 4) is 0 Å². The fraction of sp³-hybridized carbons (Fsp3) is 0.600. The largest absolute Gasteiger partial charge is 0.330 e. The highest BCUT2D eigenvalue weighted by molar-refractivity contribution is 5.91. The maximum atomic E-state index is 11.6. The Kier molecular flexibility index (Phi) is 4.30. The third-order valence-corrected chi connectivity index (χ3v) is 2.41. The molecular weight excluding hydrogens is 192 g/mol. The molecular formula is C10H18N4O. The highest BCUT2D eigenvalue weighted by atomic mass is 16.2. The predicted molar refractivity (Wildman–Crippen MR) is 59.4 cm³/mol. The number of nitrogens with one attached hydrogen (secondary N) is 2. The second-order valence-corrected chi connectivity index (χ2v) is 3.46. The van der Waals surface area contributed by atoms with Gasteiger partial charge in [-0.2, -0.15) is 5.10 Å². The highest BCUT2D eigenvalue weighted by Gasteiger charge is 2.15. The number of H-pyrrole nitrogens is 1. The monoisotopic (exact) mass is 210 g/mol. The van der Waals surface area contributed by atoms with E-state index in [0.29, 0.717) is 12.4 Å². The SMILES string of the molecule is CCc1cc(NC(=O)C(CC)CN)n[nH]1. The Morgan fingerprint density at radius 1 is 1.67 bits per heavy atom. The normalized spacial score (nSPS) is 12.5. The molecule has 0 aliphatic carbocycles. The number of anilines is 1. The summed E-state index contributed by atoms with van der Waals surface area (Å²) in [6, 6.07) is 1.83. The van der Waals surface area contributed by atoms with E-state index in [0.717, 1.165) is 18.5 Å². The Balaban J connectivity index is 2.57. The fourth-order valence-electron chi connectivity index (χ4n) is 1.29. The number of carbonyl (C=O) groups is 1. The number of amides is 1. The first-order chi connectivity index (χ1) is 7.21. The quantitative estimate of drug-likeness (QED) is 0.675. The van der Waals surface area contributed by atoms with E-state index in [4.69, 9.17) is 5.73 Å². The second kappa shape index (κ2) is 5.50. The third kappa shape index (κ3) is 3.06. The number of nitrogens with zero attached hydrogens (tertiary/aromatic N) is 1. The number of aromatic amines is 1. The number of nitrogens with two attached hydrogens (primary N) is 1. The minimum Gasteiger partial charge on any atom is -0.330 e. The molecule has 0 spiro atoms. The van der Waals surface area contributed by atoms with Crippen LogP contribution in [-0.4, -0.2) is 22.6 Å². The van der Waals surface area contributed by atoms with Gasteiger partial charge in [-0.25, -0.2) is 0 Å². The van der Waals surface area contributed by atoms with E-state index >= 15 is 0 Å². The zero-order valence-electron chi connectivity index (χ0n) is 9.21. The summed E-state index contributed by atoms with van der Waals surface area (Å²) < 4.78 is 0. The van der Waals surface area contributed by atoms with Crippen LogP contribution in [0.1, 0.15) is 26.0 Å². The second-order valence-electron chi connectivity index (χ2n) is 3.46. The number of rotatable bonds is 5. The van der Waals surface area contributed by atoms with Gasteiger partial charge in [-0.1, -0.05) is 13.8 Å². The summed E-state index contributed by atoms with van der Waals surface area (Å²) in [6.45, 7) is 4.33. The third-order valence-electron chi connectivity index (χ3n) is 2.41. The number of hydrogen-bond donors (Lipinski definition) is 3. The molecule has 0 radical (unpaired) electrons. The van der Waals surface area contributed by atoms with E-state index in [9.17, 15) is 4.79 Å². The number of hydrogen-bond acceptors (Lipinski definition) is 3. The Bertz CT molecular complexity index is 317. The van der Waals surface area contributed by atoms with Crippen molar-refractivity contribution >= 4 is 11.7 Å². The van der Waals surface area contributed by atoms with Gasteiger partial charge >= 0.3 is 0 Å². The lowest BCUT2D eigenvalue weighted by molar-refractivity contribution is -0.119. The maximum absolute atomic E-state index is 11.6. The van der Waals surface area contributed by atoms with Crippen molar-refractivity contribution in [1.82, 2.24) is 10.2 Å². The molecule has 15 heavy (non-hydrogen) atoms. The fourth-order valence-corrected chi connectivity index (χ4v) is 1.29. The lowest BCUT2D eigenvalue weighted by Gasteiger charge is -2.10. The van der Waals surface area contributed by atoms with Crippen LogP contribution in [0.4, 0.5) is 5.82 Å². The van der Waals surface area contributed by atoms with Crippen molar-refractivity contribution in [1.29, 1.82) is 0 Å². The summed E-state index contributed by atoms with van der Waals surface area (Å²) in [5.41, 5.74) is 6.49. The van der Waals surface area contributed by atoms with Crippen LogP contribution in [-0.2, 0) is 11.2 Å². The van der Waals surface area contributed by atoms with E-state index in [1.165, 1.54) is 0 Å². The molecule has 0 saturated heterocycles. The minimum atomic E-state index is -0.133. The first-order valence-electron chi connectivity index (χ1n) is 5.26. The molecule has 0 aromatic carbocycles. The van der Waals surface area contributed by atoms with Crippen molar-refractivity contribution in [3.05, 3.63) is 11.8 Å². The molecule has 1 aromatic rings. The van der Waals surface area contributed by atoms with Crippen LogP contribution < -0.4 is 11.1 Å². The summed E-state index contributed by atoms with van der Waals surface area (Å²) >= 11 is 0. The van der Waals surface area contributed by atoms with Crippen LogP contribution in [0.2, 0.25) is 0 Å². The number of aromatic nitrogens is 2. The molecule has 0 fully saturated rings. The first-order valence-corrected chi connectivity index (χ1v) is 5.26. The minimum absolute atomic E-state index is 0.0610. The Hall–Kier alpha value is -1.36. The van der Waals surface area contributed by atoms with Gasteiger partial charge < -0.3 is 11.1 Å². The molecule has 0 saturated carbocycles. The Morgan fingerprint density at radius 3 is 2.87 bits per heavy atom. The Labute approximate surface area is 89.4 Å². The van der Waals surface area contributed by atoms with Crippen molar-refractivity contribution in [3.63, 3.8) is 0 Å². The molecule has 5 heteroatoms. The van der Waals surface area contributed by atoms with Gasteiger partial charge in [-0.3, -0.25) is 9.89 Å². The standard InChI is InChI=1S/C10H18N4O/c1-3-7(6-11)10(15)12-9-5-8(4-2)13-14-9/h5,7H,3-4,6,11H2,1-2H3,(H2,12,13,14,15). The van der Waals surface area contributed by atoms with Crippen molar-refractivity contribution in [2.24, 2.45) is 11.7 Å². The van der Waals surface area contributed by atoms with Gasteiger partial charge in [0.1, 0.15) is 0 Å². The van der Waals surface area contributed by atoms with Crippen LogP contribution in [0.15, 0.2) is 6.07 Å². The molecule has 84 valence electrons. The summed E-state index contributed by atoms with van der Waals surface area (Å²) in [5.74, 6) is 0.379. The summed E-state index contributed by atoms with van der Waals surface area (Å²) in [5, 5.41) is 9.56. The topological polar surface area (TPSA) is 83.8 Å². The molecule has 1 unspecified atom stereocenters. The summed E-state index contributed by atoms with van der Waals surface area (Å²) in [7, 11) is 0. The smallest absolute Gasteiger partial charge is 0.229 e. The lowest BCUT2D eigenvalue weighted by atomic mass is 10.1. The van der Waals surface area contributed by atoms with Crippen LogP contribution in [0.5, 0.6) is 0 Å². The molecule has 1 atom stereocenters. The maximum Gasteiger partial charge on any atom is 0.229 e. The van der Waals surface area contributed by atoms with E-state index in [2.05, 4.69) is 15.5 Å². The summed E-state index contributed by atoms with van der Waals surface area (Å²) in [6.07, 6.45) is 1.62. The van der Waals surface area contributed by atoms with Gasteiger partial charge in [0.15, 0.2) is 5.82 Å². The highest BCUT2D eigenvalue weighted by Crippen LogP contribution is 2.09. The predicted octanol–water partition coefficient (Wildman–Crippen LogP) is 0.895. The van der Waals surface area contributed by atoms with Gasteiger partial charge in [0.25, 0.3) is 0 Å². The van der Waals surface area contributed by atoms with Crippen LogP contribution in [0, 0.1) is 5.92 Å². The van der Waals surface area contributed by atoms with E-state index in [1.807, 2.05) is 19.9 Å². The van der Waals surface area contributed by atoms with E-state index < -0.39 is 0 Å². The molecule has 1 heterocycles. The average molecular weight is 210 g/mol. The first kappa shape index (κ1) is 11.7. The molecule has 1 amide bonds. The zero-order chi connectivity index (χ0) is 11.3. The van der Waals surface area contributed by atoms with E-state index in [1.54, 1.807) is 0 Å². The van der Waals surface area contributed by atoms with Gasteiger partial charge in [0, 0.05) is 18.3 Å².